The fraction of sp³-hybridized carbons (Fsp3) is 0.364. The Hall–Kier alpha value is -2.90. The molecule has 0 unspecified atom stereocenters. The molecule has 0 bridgehead atoms. The summed E-state index contributed by atoms with van der Waals surface area (Å²) in [7, 11) is 0. The van der Waals surface area contributed by atoms with Crippen molar-refractivity contribution in [2.45, 2.75) is 25.5 Å². The molecule has 7 nitrogen and oxygen atoms in total. The molecule has 0 spiro atoms. The van der Waals surface area contributed by atoms with Gasteiger partial charge in [0.25, 0.3) is 5.91 Å². The number of carbonyl (C=O) groups is 2. The van der Waals surface area contributed by atoms with E-state index in [9.17, 15) is 14.7 Å². The molecule has 2 aromatic carbocycles. The third kappa shape index (κ3) is 5.34. The largest absolute Gasteiger partial charge is 0.484 e. The van der Waals surface area contributed by atoms with Crippen LogP contribution in [0.25, 0.3) is 0 Å². The topological polar surface area (TPSA) is 88.1 Å². The first kappa shape index (κ1) is 20.8. The molecule has 3 rings (SSSR count). The molecule has 2 N–H and O–H groups in total. The lowest BCUT2D eigenvalue weighted by Crippen LogP contribution is -2.50. The number of amides is 2. The first-order valence-corrected chi connectivity index (χ1v) is 9.72. The zero-order valence-electron chi connectivity index (χ0n) is 16.4. The normalized spacial score (nSPS) is 18.9. The molecule has 7 heteroatoms. The molecule has 0 radical (unpaired) electrons. The average Bonchev–Trinajstić information content (AvgIpc) is 2.77. The van der Waals surface area contributed by atoms with Gasteiger partial charge in [-0.1, -0.05) is 43.3 Å². The Labute approximate surface area is 170 Å². The number of morpholine rings is 1. The van der Waals surface area contributed by atoms with E-state index in [-0.39, 0.29) is 31.1 Å². The van der Waals surface area contributed by atoms with Crippen LogP contribution in [0, 0.1) is 0 Å². The van der Waals surface area contributed by atoms with E-state index in [1.807, 2.05) is 30.3 Å². The first-order valence-electron chi connectivity index (χ1n) is 9.72. The van der Waals surface area contributed by atoms with Crippen molar-refractivity contribution in [3.8, 4) is 5.75 Å². The zero-order valence-corrected chi connectivity index (χ0v) is 16.4. The van der Waals surface area contributed by atoms with Gasteiger partial charge in [0.05, 0.1) is 19.3 Å². The van der Waals surface area contributed by atoms with E-state index in [0.717, 1.165) is 5.56 Å². The van der Waals surface area contributed by atoms with Crippen LogP contribution in [0.2, 0.25) is 0 Å². The molecule has 2 aromatic rings. The summed E-state index contributed by atoms with van der Waals surface area (Å²) >= 11 is 0. The van der Waals surface area contributed by atoms with Crippen LogP contribution in [-0.4, -0.2) is 54.3 Å². The summed E-state index contributed by atoms with van der Waals surface area (Å²) in [5.74, 6) is 0.214. The molecule has 1 heterocycles. The monoisotopic (exact) mass is 398 g/mol. The number of aliphatic hydroxyl groups is 1. The van der Waals surface area contributed by atoms with Gasteiger partial charge >= 0.3 is 0 Å². The highest BCUT2D eigenvalue weighted by Gasteiger charge is 2.36. The number of benzene rings is 2. The summed E-state index contributed by atoms with van der Waals surface area (Å²) in [6.45, 7) is 2.24. The second-order valence-corrected chi connectivity index (χ2v) is 6.75. The average molecular weight is 398 g/mol. The number of nitrogens with one attached hydrogen (secondary N) is 1. The number of carbonyl (C=O) groups excluding carboxylic acids is 2. The van der Waals surface area contributed by atoms with E-state index < -0.39 is 6.10 Å². The van der Waals surface area contributed by atoms with Gasteiger partial charge in [-0.15, -0.1) is 0 Å². The van der Waals surface area contributed by atoms with Crippen LogP contribution in [0.3, 0.4) is 0 Å². The van der Waals surface area contributed by atoms with Crippen molar-refractivity contribution in [1.29, 1.82) is 0 Å². The predicted octanol–water partition coefficient (Wildman–Crippen LogP) is 2.37. The van der Waals surface area contributed by atoms with Crippen LogP contribution in [0.15, 0.2) is 54.6 Å². The van der Waals surface area contributed by atoms with Gasteiger partial charge in [0.2, 0.25) is 5.91 Å². The Balaban J connectivity index is 1.69. The Morgan fingerprint density at radius 3 is 2.72 bits per heavy atom. The van der Waals surface area contributed by atoms with Crippen molar-refractivity contribution in [3.63, 3.8) is 0 Å². The lowest BCUT2D eigenvalue weighted by molar-refractivity contribution is -0.152. The number of rotatable bonds is 7. The summed E-state index contributed by atoms with van der Waals surface area (Å²) in [5, 5.41) is 12.5. The maximum absolute atomic E-state index is 12.9. The van der Waals surface area contributed by atoms with E-state index >= 15 is 0 Å². The fourth-order valence-electron chi connectivity index (χ4n) is 3.35. The fourth-order valence-corrected chi connectivity index (χ4v) is 3.35. The third-order valence-electron chi connectivity index (χ3n) is 4.79. The minimum Gasteiger partial charge on any atom is -0.484 e. The van der Waals surface area contributed by atoms with E-state index in [1.54, 1.807) is 36.1 Å². The standard InChI is InChI=1S/C22H26N2O5/c1-2-20(26)23-17-9-6-10-18(13-17)29-15-21(27)24-11-12-28-19(14-25)22(24)16-7-4-3-5-8-16/h3-10,13,19,22,25H,2,11-12,14-15H2,1H3,(H,23,26)/t19-,22-/m1/s1. The molecule has 2 atom stereocenters. The van der Waals surface area contributed by atoms with Crippen LogP contribution in [0.4, 0.5) is 5.69 Å². The molecule has 1 aliphatic rings. The molecule has 1 aliphatic heterocycles. The number of ether oxygens (including phenoxy) is 2. The van der Waals surface area contributed by atoms with Gasteiger partial charge in [-0.05, 0) is 17.7 Å². The van der Waals surface area contributed by atoms with Gasteiger partial charge < -0.3 is 24.8 Å². The molecular formula is C22H26N2O5. The molecular weight excluding hydrogens is 372 g/mol. The lowest BCUT2D eigenvalue weighted by atomic mass is 9.98. The molecule has 0 aromatic heterocycles. The van der Waals surface area contributed by atoms with Crippen LogP contribution in [0.1, 0.15) is 24.9 Å². The van der Waals surface area contributed by atoms with Crippen molar-refractivity contribution in [2.75, 3.05) is 31.7 Å². The Kier molecular flexibility index (Phi) is 7.21. The van der Waals surface area contributed by atoms with Crippen LogP contribution < -0.4 is 10.1 Å². The number of nitrogens with zero attached hydrogens (tertiary/aromatic N) is 1. The summed E-state index contributed by atoms with van der Waals surface area (Å²) < 4.78 is 11.4. The van der Waals surface area contributed by atoms with Crippen molar-refractivity contribution in [3.05, 3.63) is 60.2 Å². The van der Waals surface area contributed by atoms with Crippen molar-refractivity contribution >= 4 is 17.5 Å². The van der Waals surface area contributed by atoms with E-state index in [4.69, 9.17) is 9.47 Å². The summed E-state index contributed by atoms with van der Waals surface area (Å²) in [6, 6.07) is 16.1. The van der Waals surface area contributed by atoms with Crippen LogP contribution in [-0.2, 0) is 14.3 Å². The van der Waals surface area contributed by atoms with E-state index in [2.05, 4.69) is 5.32 Å². The zero-order chi connectivity index (χ0) is 20.6. The summed E-state index contributed by atoms with van der Waals surface area (Å²) in [5.41, 5.74) is 1.53. The molecule has 154 valence electrons. The van der Waals surface area contributed by atoms with Gasteiger partial charge in [0.15, 0.2) is 6.61 Å². The molecule has 0 aliphatic carbocycles. The number of hydrogen-bond donors (Lipinski definition) is 2. The Morgan fingerprint density at radius 1 is 1.21 bits per heavy atom. The molecule has 1 saturated heterocycles. The lowest BCUT2D eigenvalue weighted by Gasteiger charge is -2.40. The second-order valence-electron chi connectivity index (χ2n) is 6.75. The number of anilines is 1. The minimum atomic E-state index is -0.484. The SMILES string of the molecule is CCC(=O)Nc1cccc(OCC(=O)N2CCO[C@H](CO)[C@H]2c2ccccc2)c1. The molecule has 0 saturated carbocycles. The van der Waals surface area contributed by atoms with Gasteiger partial charge in [0, 0.05) is 24.7 Å². The van der Waals surface area contributed by atoms with Crippen LogP contribution >= 0.6 is 0 Å². The minimum absolute atomic E-state index is 0.0905. The Bertz CT molecular complexity index is 827. The van der Waals surface area contributed by atoms with E-state index in [1.165, 1.54) is 0 Å². The number of hydrogen-bond acceptors (Lipinski definition) is 5. The molecule has 29 heavy (non-hydrogen) atoms. The molecule has 1 fully saturated rings. The van der Waals surface area contributed by atoms with Crippen molar-refractivity contribution < 1.29 is 24.2 Å². The van der Waals surface area contributed by atoms with Crippen molar-refractivity contribution in [1.82, 2.24) is 4.90 Å². The number of aliphatic hydroxyl groups excluding tert-OH is 1. The quantitative estimate of drug-likeness (QED) is 0.748. The highest BCUT2D eigenvalue weighted by molar-refractivity contribution is 5.90. The van der Waals surface area contributed by atoms with E-state index in [0.29, 0.717) is 31.0 Å². The summed E-state index contributed by atoms with van der Waals surface area (Å²) in [6.07, 6.45) is -0.101. The second kappa shape index (κ2) is 10.0. The highest BCUT2D eigenvalue weighted by Crippen LogP contribution is 2.29. The molecule has 2 amide bonds. The maximum Gasteiger partial charge on any atom is 0.261 e. The smallest absolute Gasteiger partial charge is 0.261 e. The predicted molar refractivity (Wildman–Crippen MR) is 109 cm³/mol. The first-order chi connectivity index (χ1) is 14.1. The maximum atomic E-state index is 12.9. The van der Waals surface area contributed by atoms with Gasteiger partial charge in [0.1, 0.15) is 11.9 Å². The van der Waals surface area contributed by atoms with Crippen molar-refractivity contribution in [2.24, 2.45) is 0 Å². The highest BCUT2D eigenvalue weighted by atomic mass is 16.5. The van der Waals surface area contributed by atoms with Gasteiger partial charge in [-0.2, -0.15) is 0 Å². The van der Waals surface area contributed by atoms with Crippen LogP contribution in [0.5, 0.6) is 5.75 Å². The Morgan fingerprint density at radius 2 is 2.00 bits per heavy atom. The third-order valence-corrected chi connectivity index (χ3v) is 4.79. The summed E-state index contributed by atoms with van der Waals surface area (Å²) in [4.78, 5) is 26.2. The van der Waals surface area contributed by atoms with Gasteiger partial charge in [-0.25, -0.2) is 0 Å². The van der Waals surface area contributed by atoms with Gasteiger partial charge in [-0.3, -0.25) is 9.59 Å².